The Morgan fingerprint density at radius 2 is 2.33 bits per heavy atom. The van der Waals surface area contributed by atoms with Crippen LogP contribution in [0.15, 0.2) is 0 Å². The van der Waals surface area contributed by atoms with Gasteiger partial charge in [-0.25, -0.2) is 0 Å². The highest BCUT2D eigenvalue weighted by Gasteiger charge is 2.03. The third-order valence-electron chi connectivity index (χ3n) is 1.30. The predicted molar refractivity (Wildman–Crippen MR) is 54.5 cm³/mol. The molecular weight excluding hydrogens is 164 g/mol. The summed E-state index contributed by atoms with van der Waals surface area (Å²) in [4.78, 5) is 0. The van der Waals surface area contributed by atoms with E-state index in [1.807, 2.05) is 11.8 Å². The highest BCUT2D eigenvalue weighted by molar-refractivity contribution is 8.23. The SMILES string of the molecule is CCC(C)C(=S)SC[SiH3]. The number of hydrogen-bond donors (Lipinski definition) is 0. The lowest BCUT2D eigenvalue weighted by Gasteiger charge is -2.07. The van der Waals surface area contributed by atoms with Crippen LogP contribution in [0.3, 0.4) is 0 Å². The Labute approximate surface area is 70.2 Å². The number of hydrogen-bond acceptors (Lipinski definition) is 2. The molecule has 3 heteroatoms. The summed E-state index contributed by atoms with van der Waals surface area (Å²) >= 11 is 7.02. The van der Waals surface area contributed by atoms with E-state index < -0.39 is 0 Å². The van der Waals surface area contributed by atoms with Crippen molar-refractivity contribution < 1.29 is 0 Å². The van der Waals surface area contributed by atoms with Gasteiger partial charge < -0.3 is 0 Å². The van der Waals surface area contributed by atoms with Gasteiger partial charge in [-0.1, -0.05) is 26.1 Å². The zero-order valence-corrected chi connectivity index (χ0v) is 9.94. The van der Waals surface area contributed by atoms with Gasteiger partial charge in [-0.2, -0.15) is 0 Å². The average Bonchev–Trinajstić information content (AvgIpc) is 1.87. The molecule has 0 radical (unpaired) electrons. The maximum atomic E-state index is 5.16. The van der Waals surface area contributed by atoms with Crippen LogP contribution in [0.1, 0.15) is 20.3 Å². The van der Waals surface area contributed by atoms with Gasteiger partial charge >= 0.3 is 0 Å². The molecule has 54 valence electrons. The second-order valence-corrected chi connectivity index (χ2v) is 5.80. The van der Waals surface area contributed by atoms with E-state index in [0.717, 1.165) is 0 Å². The summed E-state index contributed by atoms with van der Waals surface area (Å²) in [7, 11) is 1.26. The van der Waals surface area contributed by atoms with Crippen molar-refractivity contribution in [1.29, 1.82) is 0 Å². The van der Waals surface area contributed by atoms with Crippen LogP contribution in [-0.2, 0) is 0 Å². The lowest BCUT2D eigenvalue weighted by molar-refractivity contribution is 0.759. The van der Waals surface area contributed by atoms with Crippen LogP contribution in [-0.4, -0.2) is 19.8 Å². The van der Waals surface area contributed by atoms with Crippen molar-refractivity contribution >= 4 is 38.4 Å². The fraction of sp³-hybridized carbons (Fsp3) is 0.833. The van der Waals surface area contributed by atoms with Gasteiger partial charge in [-0.15, -0.1) is 11.8 Å². The zero-order valence-electron chi connectivity index (χ0n) is 6.31. The van der Waals surface area contributed by atoms with Gasteiger partial charge in [0.25, 0.3) is 0 Å². The van der Waals surface area contributed by atoms with E-state index in [2.05, 4.69) is 13.8 Å². The molecule has 9 heavy (non-hydrogen) atoms. The van der Waals surface area contributed by atoms with Gasteiger partial charge in [0.2, 0.25) is 0 Å². The molecule has 0 amide bonds. The summed E-state index contributed by atoms with van der Waals surface area (Å²) in [5.74, 6) is 0.638. The lowest BCUT2D eigenvalue weighted by atomic mass is 10.2. The van der Waals surface area contributed by atoms with Crippen molar-refractivity contribution in [2.75, 3.05) is 5.38 Å². The molecule has 0 aliphatic heterocycles. The molecular formula is C6H14S2Si. The van der Waals surface area contributed by atoms with Crippen LogP contribution in [0.25, 0.3) is 0 Å². The molecule has 1 unspecified atom stereocenters. The smallest absolute Gasteiger partial charge is 0.0503 e. The monoisotopic (exact) mass is 178 g/mol. The van der Waals surface area contributed by atoms with Gasteiger partial charge in [0.15, 0.2) is 0 Å². The minimum atomic E-state index is 0.638. The first-order chi connectivity index (χ1) is 4.22. The molecule has 0 rings (SSSR count). The van der Waals surface area contributed by atoms with E-state index in [1.54, 1.807) is 0 Å². The minimum absolute atomic E-state index is 0.638. The maximum absolute atomic E-state index is 5.16. The molecule has 0 aromatic heterocycles. The topological polar surface area (TPSA) is 0 Å². The molecule has 0 saturated heterocycles. The van der Waals surface area contributed by atoms with Gasteiger partial charge in [-0.05, 0) is 17.7 Å². The molecule has 1 atom stereocenters. The first-order valence-electron chi connectivity index (χ1n) is 3.39. The van der Waals surface area contributed by atoms with E-state index in [9.17, 15) is 0 Å². The molecule has 0 fully saturated rings. The lowest BCUT2D eigenvalue weighted by Crippen LogP contribution is -2.02. The maximum Gasteiger partial charge on any atom is 0.0503 e. The van der Waals surface area contributed by atoms with Crippen LogP contribution >= 0.6 is 24.0 Å². The van der Waals surface area contributed by atoms with E-state index in [0.29, 0.717) is 5.92 Å². The van der Waals surface area contributed by atoms with Crippen molar-refractivity contribution in [2.24, 2.45) is 5.92 Å². The van der Waals surface area contributed by atoms with Crippen LogP contribution in [0, 0.1) is 5.92 Å². The second-order valence-electron chi connectivity index (χ2n) is 2.06. The molecule has 0 nitrogen and oxygen atoms in total. The standard InChI is InChI=1S/C6H14S2Si/c1-3-5(2)6(7)8-4-9/h5H,3-4H2,1-2,9H3. The quantitative estimate of drug-likeness (QED) is 0.473. The molecule has 0 spiro atoms. The summed E-state index contributed by atoms with van der Waals surface area (Å²) in [6.45, 7) is 4.39. The van der Waals surface area contributed by atoms with Crippen LogP contribution in [0.5, 0.6) is 0 Å². The largest absolute Gasteiger partial charge is 0.123 e. The fourth-order valence-corrected chi connectivity index (χ4v) is 3.27. The van der Waals surface area contributed by atoms with Gasteiger partial charge in [0.1, 0.15) is 0 Å². The van der Waals surface area contributed by atoms with Crippen molar-refractivity contribution in [3.05, 3.63) is 0 Å². The normalized spacial score (nSPS) is 13.6. The summed E-state index contributed by atoms with van der Waals surface area (Å²) in [5, 5.41) is 1.25. The van der Waals surface area contributed by atoms with Crippen LogP contribution in [0.2, 0.25) is 0 Å². The molecule has 0 heterocycles. The zero-order chi connectivity index (χ0) is 7.28. The van der Waals surface area contributed by atoms with E-state index in [4.69, 9.17) is 12.2 Å². The number of thioether (sulfide) groups is 1. The first-order valence-corrected chi connectivity index (χ1v) is 6.19. The summed E-state index contributed by atoms with van der Waals surface area (Å²) in [6, 6.07) is 0. The Balaban J connectivity index is 3.46. The molecule has 0 aromatic carbocycles. The highest BCUT2D eigenvalue weighted by atomic mass is 32.2. The van der Waals surface area contributed by atoms with E-state index in [1.165, 1.54) is 26.2 Å². The Morgan fingerprint density at radius 1 is 1.78 bits per heavy atom. The number of thiocarbonyl (C=S) groups is 1. The molecule has 0 aliphatic carbocycles. The Bertz CT molecular complexity index is 93.1. The first kappa shape index (κ1) is 9.66. The van der Waals surface area contributed by atoms with E-state index in [-0.39, 0.29) is 0 Å². The Morgan fingerprint density at radius 3 is 2.67 bits per heavy atom. The van der Waals surface area contributed by atoms with Crippen LogP contribution < -0.4 is 0 Å². The van der Waals surface area contributed by atoms with Gasteiger partial charge in [-0.3, -0.25) is 0 Å². The Kier molecular flexibility index (Phi) is 5.84. The van der Waals surface area contributed by atoms with Crippen LogP contribution in [0.4, 0.5) is 0 Å². The molecule has 0 aromatic rings. The molecule has 0 N–H and O–H groups in total. The van der Waals surface area contributed by atoms with E-state index >= 15 is 0 Å². The average molecular weight is 178 g/mol. The third-order valence-corrected chi connectivity index (χ3v) is 3.90. The van der Waals surface area contributed by atoms with Crippen molar-refractivity contribution in [3.8, 4) is 0 Å². The highest BCUT2D eigenvalue weighted by Crippen LogP contribution is 2.14. The summed E-state index contributed by atoms with van der Waals surface area (Å²) < 4.78 is 1.20. The minimum Gasteiger partial charge on any atom is -0.123 e. The number of rotatable bonds is 3. The fourth-order valence-electron chi connectivity index (χ4n) is 0.451. The van der Waals surface area contributed by atoms with Crippen molar-refractivity contribution in [1.82, 2.24) is 0 Å². The van der Waals surface area contributed by atoms with Crippen molar-refractivity contribution in [3.63, 3.8) is 0 Å². The third kappa shape index (κ3) is 4.11. The molecule has 0 aliphatic rings. The molecule has 0 bridgehead atoms. The Hall–Kier alpha value is 0.657. The second kappa shape index (κ2) is 5.44. The van der Waals surface area contributed by atoms with Crippen molar-refractivity contribution in [2.45, 2.75) is 20.3 Å². The summed E-state index contributed by atoms with van der Waals surface area (Å²) in [5.41, 5.74) is 0. The van der Waals surface area contributed by atoms with Gasteiger partial charge in [0, 0.05) is 10.2 Å². The van der Waals surface area contributed by atoms with Gasteiger partial charge in [0.05, 0.1) is 4.20 Å². The molecule has 0 saturated carbocycles. The predicted octanol–water partition coefficient (Wildman–Crippen LogP) is 1.42. The summed E-state index contributed by atoms with van der Waals surface area (Å²) in [6.07, 6.45) is 1.19.